The van der Waals surface area contributed by atoms with Gasteiger partial charge in [-0.25, -0.2) is 0 Å². The van der Waals surface area contributed by atoms with E-state index in [0.29, 0.717) is 0 Å². The number of benzene rings is 1. The van der Waals surface area contributed by atoms with E-state index in [9.17, 15) is 0 Å². The predicted octanol–water partition coefficient (Wildman–Crippen LogP) is 3.17. The minimum Gasteiger partial charge on any atom is -0.271 e. The molecule has 0 saturated heterocycles. The molecule has 1 atom stereocenters. The first-order chi connectivity index (χ1) is 10.1. The molecule has 0 fully saturated rings. The summed E-state index contributed by atoms with van der Waals surface area (Å²) < 4.78 is 1.97. The average molecular weight is 307 g/mol. The highest BCUT2D eigenvalue weighted by molar-refractivity contribution is 6.31. The van der Waals surface area contributed by atoms with Crippen molar-refractivity contribution in [1.29, 1.82) is 0 Å². The maximum atomic E-state index is 6.47. The summed E-state index contributed by atoms with van der Waals surface area (Å²) in [6.07, 6.45) is 1.56. The summed E-state index contributed by atoms with van der Waals surface area (Å²) >= 11 is 6.47. The highest BCUT2D eigenvalue weighted by Crippen LogP contribution is 2.26. The summed E-state index contributed by atoms with van der Waals surface area (Å²) in [4.78, 5) is 0. The molecule has 0 aliphatic rings. The first kappa shape index (κ1) is 16.0. The lowest BCUT2D eigenvalue weighted by molar-refractivity contribution is 0.516. The van der Waals surface area contributed by atoms with Crippen LogP contribution >= 0.6 is 11.6 Å². The number of aryl methyl sites for hydroxylation is 3. The third kappa shape index (κ3) is 3.46. The molecule has 0 saturated carbocycles. The molecule has 21 heavy (non-hydrogen) atoms. The summed E-state index contributed by atoms with van der Waals surface area (Å²) in [5, 5.41) is 5.33. The molecule has 0 radical (unpaired) electrons. The molecule has 1 unspecified atom stereocenters. The topological polar surface area (TPSA) is 55.9 Å². The number of hydrazine groups is 1. The summed E-state index contributed by atoms with van der Waals surface area (Å²) in [6.45, 7) is 7.02. The molecule has 1 heterocycles. The molecule has 1 aromatic carbocycles. The number of hydrogen-bond acceptors (Lipinski definition) is 3. The Morgan fingerprint density at radius 1 is 1.29 bits per heavy atom. The molecule has 0 aliphatic carbocycles. The molecule has 0 bridgehead atoms. The lowest BCUT2D eigenvalue weighted by Gasteiger charge is -2.17. The average Bonchev–Trinajstić information content (AvgIpc) is 2.81. The van der Waals surface area contributed by atoms with Gasteiger partial charge >= 0.3 is 0 Å². The van der Waals surface area contributed by atoms with Crippen molar-refractivity contribution >= 4 is 11.6 Å². The number of nitrogens with one attached hydrogen (secondary N) is 1. The standard InChI is InChI=1S/C16H23ClN4/c1-4-13-16(17)15(21(5-2)20-13)10-14(19-18)12-8-6-11(3)7-9-12/h6-9,14,19H,4-5,10,18H2,1-3H3. The van der Waals surface area contributed by atoms with Crippen LogP contribution in [0.1, 0.15) is 42.4 Å². The van der Waals surface area contributed by atoms with Crippen molar-refractivity contribution in [2.24, 2.45) is 5.84 Å². The van der Waals surface area contributed by atoms with Crippen molar-refractivity contribution in [1.82, 2.24) is 15.2 Å². The van der Waals surface area contributed by atoms with Crippen molar-refractivity contribution in [3.63, 3.8) is 0 Å². The van der Waals surface area contributed by atoms with Crippen LogP contribution in [-0.4, -0.2) is 9.78 Å². The third-order valence-electron chi connectivity index (χ3n) is 3.77. The Balaban J connectivity index is 2.30. The molecule has 2 aromatic rings. The van der Waals surface area contributed by atoms with Crippen molar-refractivity contribution in [3.8, 4) is 0 Å². The Labute approximate surface area is 131 Å². The molecule has 0 spiro atoms. The zero-order chi connectivity index (χ0) is 15.4. The van der Waals surface area contributed by atoms with Crippen LogP contribution in [-0.2, 0) is 19.4 Å². The third-order valence-corrected chi connectivity index (χ3v) is 4.21. The zero-order valence-electron chi connectivity index (χ0n) is 12.9. The lowest BCUT2D eigenvalue weighted by atomic mass is 10.0. The number of nitrogens with two attached hydrogens (primary N) is 1. The van der Waals surface area contributed by atoms with E-state index in [1.165, 1.54) is 5.56 Å². The first-order valence-electron chi connectivity index (χ1n) is 7.37. The number of rotatable bonds is 6. The van der Waals surface area contributed by atoms with Gasteiger partial charge in [-0.1, -0.05) is 48.4 Å². The Morgan fingerprint density at radius 2 is 1.95 bits per heavy atom. The maximum absolute atomic E-state index is 6.47. The van der Waals surface area contributed by atoms with Crippen molar-refractivity contribution < 1.29 is 0 Å². The number of nitrogens with zero attached hydrogens (tertiary/aromatic N) is 2. The van der Waals surface area contributed by atoms with Crippen molar-refractivity contribution in [2.45, 2.75) is 46.2 Å². The van der Waals surface area contributed by atoms with E-state index in [2.05, 4.69) is 55.6 Å². The van der Waals surface area contributed by atoms with E-state index in [1.807, 2.05) is 4.68 Å². The van der Waals surface area contributed by atoms with Crippen LogP contribution in [0.15, 0.2) is 24.3 Å². The van der Waals surface area contributed by atoms with E-state index < -0.39 is 0 Å². The quantitative estimate of drug-likeness (QED) is 0.636. The highest BCUT2D eigenvalue weighted by Gasteiger charge is 2.19. The zero-order valence-corrected chi connectivity index (χ0v) is 13.6. The summed E-state index contributed by atoms with van der Waals surface area (Å²) in [6, 6.07) is 8.41. The molecule has 1 aromatic heterocycles. The predicted molar refractivity (Wildman–Crippen MR) is 87.2 cm³/mol. The Hall–Kier alpha value is -1.36. The van der Waals surface area contributed by atoms with E-state index in [-0.39, 0.29) is 6.04 Å². The second kappa shape index (κ2) is 7.07. The van der Waals surface area contributed by atoms with E-state index in [4.69, 9.17) is 17.4 Å². The minimum absolute atomic E-state index is 0.0230. The molecule has 5 heteroatoms. The molecule has 0 amide bonds. The normalized spacial score (nSPS) is 12.6. The second-order valence-corrected chi connectivity index (χ2v) is 5.59. The van der Waals surface area contributed by atoms with Crippen LogP contribution in [0.5, 0.6) is 0 Å². The highest BCUT2D eigenvalue weighted by atomic mass is 35.5. The van der Waals surface area contributed by atoms with Crippen molar-refractivity contribution in [3.05, 3.63) is 51.8 Å². The van der Waals surface area contributed by atoms with Gasteiger partial charge in [0.25, 0.3) is 0 Å². The lowest BCUT2D eigenvalue weighted by Crippen LogP contribution is -2.30. The van der Waals surface area contributed by atoms with E-state index in [0.717, 1.165) is 41.4 Å². The van der Waals surface area contributed by atoms with Crippen LogP contribution in [0, 0.1) is 6.92 Å². The van der Waals surface area contributed by atoms with Gasteiger partial charge in [-0.05, 0) is 25.8 Å². The van der Waals surface area contributed by atoms with Crippen LogP contribution in [0.4, 0.5) is 0 Å². The van der Waals surface area contributed by atoms with Gasteiger partial charge in [0.15, 0.2) is 0 Å². The fourth-order valence-corrected chi connectivity index (χ4v) is 2.82. The van der Waals surface area contributed by atoms with Gasteiger partial charge in [-0.3, -0.25) is 16.0 Å². The summed E-state index contributed by atoms with van der Waals surface area (Å²) in [5.74, 6) is 5.75. The molecular formula is C16H23ClN4. The largest absolute Gasteiger partial charge is 0.271 e. The molecule has 3 N–H and O–H groups in total. The first-order valence-corrected chi connectivity index (χ1v) is 7.75. The number of halogens is 1. The second-order valence-electron chi connectivity index (χ2n) is 5.21. The van der Waals surface area contributed by atoms with Crippen molar-refractivity contribution in [2.75, 3.05) is 0 Å². The molecule has 114 valence electrons. The summed E-state index contributed by atoms with van der Waals surface area (Å²) in [5.41, 5.74) is 7.27. The number of aromatic nitrogens is 2. The van der Waals surface area contributed by atoms with E-state index in [1.54, 1.807) is 0 Å². The van der Waals surface area contributed by atoms with Crippen LogP contribution < -0.4 is 11.3 Å². The molecular weight excluding hydrogens is 284 g/mol. The van der Waals surface area contributed by atoms with Gasteiger partial charge in [0.1, 0.15) is 0 Å². The smallest absolute Gasteiger partial charge is 0.0850 e. The van der Waals surface area contributed by atoms with Gasteiger partial charge in [0, 0.05) is 13.0 Å². The fraction of sp³-hybridized carbons (Fsp3) is 0.438. The fourth-order valence-electron chi connectivity index (χ4n) is 2.48. The Kier molecular flexibility index (Phi) is 5.39. The van der Waals surface area contributed by atoms with Gasteiger partial charge in [0.2, 0.25) is 0 Å². The number of hydrogen-bond donors (Lipinski definition) is 2. The SMILES string of the molecule is CCc1nn(CC)c(CC(NN)c2ccc(C)cc2)c1Cl. The van der Waals surface area contributed by atoms with Gasteiger partial charge in [-0.15, -0.1) is 0 Å². The maximum Gasteiger partial charge on any atom is 0.0850 e. The minimum atomic E-state index is 0.0230. The molecule has 2 rings (SSSR count). The van der Waals surface area contributed by atoms with Crippen LogP contribution in [0.3, 0.4) is 0 Å². The van der Waals surface area contributed by atoms with Gasteiger partial charge in [0.05, 0.1) is 22.5 Å². The van der Waals surface area contributed by atoms with E-state index >= 15 is 0 Å². The van der Waals surface area contributed by atoms with Gasteiger partial charge < -0.3 is 0 Å². The van der Waals surface area contributed by atoms with Gasteiger partial charge in [-0.2, -0.15) is 5.10 Å². The van der Waals surface area contributed by atoms with Crippen LogP contribution in [0.2, 0.25) is 5.02 Å². The molecule has 4 nitrogen and oxygen atoms in total. The van der Waals surface area contributed by atoms with Crippen LogP contribution in [0.25, 0.3) is 0 Å². The molecule has 0 aliphatic heterocycles. The summed E-state index contributed by atoms with van der Waals surface area (Å²) in [7, 11) is 0. The Morgan fingerprint density at radius 3 is 2.48 bits per heavy atom. The Bertz CT molecular complexity index is 589. The monoisotopic (exact) mass is 306 g/mol.